The van der Waals surface area contributed by atoms with E-state index in [1.54, 1.807) is 0 Å². The van der Waals surface area contributed by atoms with Gasteiger partial charge in [0.2, 0.25) is 0 Å². The van der Waals surface area contributed by atoms with Gasteiger partial charge in [0.1, 0.15) is 5.78 Å². The summed E-state index contributed by atoms with van der Waals surface area (Å²) < 4.78 is 0. The second-order valence-electron chi connectivity index (χ2n) is 6.57. The third-order valence-corrected chi connectivity index (χ3v) is 4.58. The fourth-order valence-corrected chi connectivity index (χ4v) is 2.33. The van der Waals surface area contributed by atoms with Crippen molar-refractivity contribution in [1.82, 2.24) is 0 Å². The van der Waals surface area contributed by atoms with E-state index in [0.29, 0.717) is 11.7 Å². The summed E-state index contributed by atoms with van der Waals surface area (Å²) in [5, 5.41) is 0. The van der Waals surface area contributed by atoms with E-state index in [9.17, 15) is 4.79 Å². The molecule has 18 heavy (non-hydrogen) atoms. The van der Waals surface area contributed by atoms with Crippen LogP contribution in [-0.4, -0.2) is 11.3 Å². The number of nitrogens with two attached hydrogens (primary N) is 1. The Morgan fingerprint density at radius 3 is 2.22 bits per heavy atom. The van der Waals surface area contributed by atoms with Crippen molar-refractivity contribution in [2.24, 2.45) is 17.1 Å². The van der Waals surface area contributed by atoms with Crippen molar-refractivity contribution in [1.29, 1.82) is 0 Å². The van der Waals surface area contributed by atoms with E-state index in [2.05, 4.69) is 12.1 Å². The highest BCUT2D eigenvalue weighted by Gasteiger charge is 2.52. The van der Waals surface area contributed by atoms with Gasteiger partial charge in [0.15, 0.2) is 0 Å². The van der Waals surface area contributed by atoms with Gasteiger partial charge in [-0.2, -0.15) is 0 Å². The van der Waals surface area contributed by atoms with Gasteiger partial charge in [0.25, 0.3) is 0 Å². The van der Waals surface area contributed by atoms with E-state index in [4.69, 9.17) is 5.73 Å². The Labute approximate surface area is 110 Å². The molecule has 0 aromatic heterocycles. The van der Waals surface area contributed by atoms with Crippen LogP contribution in [0.1, 0.15) is 45.6 Å². The van der Waals surface area contributed by atoms with E-state index in [-0.39, 0.29) is 5.92 Å². The van der Waals surface area contributed by atoms with Gasteiger partial charge in [-0.15, -0.1) is 0 Å². The summed E-state index contributed by atoms with van der Waals surface area (Å²) >= 11 is 0. The number of carbonyl (C=O) groups is 1. The lowest BCUT2D eigenvalue weighted by atomic mass is 9.70. The molecule has 1 aromatic carbocycles. The number of hydrogen-bond acceptors (Lipinski definition) is 2. The highest BCUT2D eigenvalue weighted by Crippen LogP contribution is 2.52. The Morgan fingerprint density at radius 2 is 1.72 bits per heavy atom. The minimum atomic E-state index is -0.478. The topological polar surface area (TPSA) is 43.1 Å². The van der Waals surface area contributed by atoms with Gasteiger partial charge in [-0.05, 0) is 31.7 Å². The van der Waals surface area contributed by atoms with E-state index >= 15 is 0 Å². The molecule has 2 nitrogen and oxygen atoms in total. The molecule has 1 fully saturated rings. The van der Waals surface area contributed by atoms with Gasteiger partial charge in [-0.25, -0.2) is 0 Å². The van der Waals surface area contributed by atoms with Gasteiger partial charge in [-0.3, -0.25) is 4.79 Å². The fraction of sp³-hybridized carbons (Fsp3) is 0.562. The molecule has 2 N–H and O–H groups in total. The molecule has 0 amide bonds. The lowest BCUT2D eigenvalue weighted by Crippen LogP contribution is -2.52. The summed E-state index contributed by atoms with van der Waals surface area (Å²) in [6.45, 7) is 7.81. The standard InChI is InChI=1S/C16H23NO/c1-15(2,16(3,4)17)14(18)13-10-12(13)11-8-6-5-7-9-11/h5-9,12-13H,10,17H2,1-4H3. The predicted molar refractivity (Wildman–Crippen MR) is 74.3 cm³/mol. The summed E-state index contributed by atoms with van der Waals surface area (Å²) in [7, 11) is 0. The largest absolute Gasteiger partial charge is 0.325 e. The summed E-state index contributed by atoms with van der Waals surface area (Å²) in [6, 6.07) is 10.3. The summed E-state index contributed by atoms with van der Waals surface area (Å²) in [5.74, 6) is 0.870. The molecule has 2 unspecified atom stereocenters. The van der Waals surface area contributed by atoms with Crippen LogP contribution in [0.25, 0.3) is 0 Å². The van der Waals surface area contributed by atoms with Gasteiger partial charge < -0.3 is 5.73 Å². The van der Waals surface area contributed by atoms with Crippen molar-refractivity contribution < 1.29 is 4.79 Å². The zero-order chi connectivity index (χ0) is 13.6. The highest BCUT2D eigenvalue weighted by molar-refractivity contribution is 5.91. The smallest absolute Gasteiger partial charge is 0.143 e. The molecule has 2 atom stereocenters. The van der Waals surface area contributed by atoms with Crippen LogP contribution < -0.4 is 5.73 Å². The molecule has 1 aromatic rings. The van der Waals surface area contributed by atoms with Crippen molar-refractivity contribution in [3.05, 3.63) is 35.9 Å². The van der Waals surface area contributed by atoms with Crippen molar-refractivity contribution in [3.63, 3.8) is 0 Å². The molecule has 1 saturated carbocycles. The first-order valence-electron chi connectivity index (χ1n) is 6.63. The molecule has 98 valence electrons. The first-order chi connectivity index (χ1) is 8.25. The Bertz CT molecular complexity index is 442. The zero-order valence-corrected chi connectivity index (χ0v) is 11.7. The Hall–Kier alpha value is -1.15. The Morgan fingerprint density at radius 1 is 1.17 bits per heavy atom. The van der Waals surface area contributed by atoms with Crippen LogP contribution in [0.3, 0.4) is 0 Å². The third-order valence-electron chi connectivity index (χ3n) is 4.58. The normalized spacial score (nSPS) is 23.8. The maximum absolute atomic E-state index is 12.6. The Balaban J connectivity index is 2.11. The second-order valence-corrected chi connectivity index (χ2v) is 6.57. The molecule has 1 aliphatic rings. The number of hydrogen-bond donors (Lipinski definition) is 1. The maximum Gasteiger partial charge on any atom is 0.143 e. The molecule has 2 heteroatoms. The number of Topliss-reactive ketones (excluding diaryl/α,β-unsaturated/α-hetero) is 1. The lowest BCUT2D eigenvalue weighted by Gasteiger charge is -2.37. The summed E-state index contributed by atoms with van der Waals surface area (Å²) in [4.78, 5) is 12.6. The summed E-state index contributed by atoms with van der Waals surface area (Å²) in [5.41, 5.74) is 6.47. The highest BCUT2D eigenvalue weighted by atomic mass is 16.1. The van der Waals surface area contributed by atoms with Crippen molar-refractivity contribution in [2.75, 3.05) is 0 Å². The number of rotatable bonds is 4. The van der Waals surface area contributed by atoms with Crippen molar-refractivity contribution in [3.8, 4) is 0 Å². The summed E-state index contributed by atoms with van der Waals surface area (Å²) in [6.07, 6.45) is 0.975. The molecule has 0 bridgehead atoms. The van der Waals surface area contributed by atoms with Crippen LogP contribution >= 0.6 is 0 Å². The van der Waals surface area contributed by atoms with Gasteiger partial charge in [0, 0.05) is 16.9 Å². The number of ketones is 1. The van der Waals surface area contributed by atoms with Gasteiger partial charge >= 0.3 is 0 Å². The molecule has 2 rings (SSSR count). The van der Waals surface area contributed by atoms with Crippen LogP contribution in [0, 0.1) is 11.3 Å². The van der Waals surface area contributed by atoms with Gasteiger partial charge in [0.05, 0.1) is 0 Å². The fourth-order valence-electron chi connectivity index (χ4n) is 2.33. The molecule has 0 heterocycles. The molecular weight excluding hydrogens is 222 g/mol. The molecular formula is C16H23NO. The number of benzene rings is 1. The van der Waals surface area contributed by atoms with Crippen LogP contribution in [0.4, 0.5) is 0 Å². The third kappa shape index (κ3) is 2.22. The minimum Gasteiger partial charge on any atom is -0.325 e. The van der Waals surface area contributed by atoms with Gasteiger partial charge in [-0.1, -0.05) is 44.2 Å². The zero-order valence-electron chi connectivity index (χ0n) is 11.7. The first kappa shape index (κ1) is 13.3. The number of carbonyl (C=O) groups excluding carboxylic acids is 1. The van der Waals surface area contributed by atoms with E-state index in [1.807, 2.05) is 45.9 Å². The van der Waals surface area contributed by atoms with E-state index in [0.717, 1.165) is 6.42 Å². The average molecular weight is 245 g/mol. The van der Waals surface area contributed by atoms with E-state index < -0.39 is 11.0 Å². The average Bonchev–Trinajstić information content (AvgIpc) is 3.07. The minimum absolute atomic E-state index is 0.158. The van der Waals surface area contributed by atoms with Crippen molar-refractivity contribution >= 4 is 5.78 Å². The molecule has 0 saturated heterocycles. The van der Waals surface area contributed by atoms with Crippen LogP contribution in [0.2, 0.25) is 0 Å². The lowest BCUT2D eigenvalue weighted by molar-refractivity contribution is -0.131. The predicted octanol–water partition coefficient (Wildman–Crippen LogP) is 3.12. The quantitative estimate of drug-likeness (QED) is 0.885. The molecule has 0 spiro atoms. The monoisotopic (exact) mass is 245 g/mol. The SMILES string of the molecule is CC(C)(N)C(C)(C)C(=O)C1CC1c1ccccc1. The van der Waals surface area contributed by atoms with Crippen LogP contribution in [-0.2, 0) is 4.79 Å². The Kier molecular flexibility index (Phi) is 3.10. The van der Waals surface area contributed by atoms with Crippen LogP contribution in [0.5, 0.6) is 0 Å². The molecule has 1 aliphatic carbocycles. The van der Waals surface area contributed by atoms with E-state index in [1.165, 1.54) is 5.56 Å². The second kappa shape index (κ2) is 4.20. The van der Waals surface area contributed by atoms with Crippen LogP contribution in [0.15, 0.2) is 30.3 Å². The molecule has 0 radical (unpaired) electrons. The maximum atomic E-state index is 12.6. The first-order valence-corrected chi connectivity index (χ1v) is 6.63. The molecule has 0 aliphatic heterocycles. The van der Waals surface area contributed by atoms with Crippen molar-refractivity contribution in [2.45, 2.75) is 45.6 Å².